The van der Waals surface area contributed by atoms with Gasteiger partial charge >= 0.3 is 5.97 Å². The van der Waals surface area contributed by atoms with Crippen LogP contribution in [0, 0.1) is 0 Å². The summed E-state index contributed by atoms with van der Waals surface area (Å²) in [6.45, 7) is 1.78. The second kappa shape index (κ2) is 8.67. The summed E-state index contributed by atoms with van der Waals surface area (Å²) < 4.78 is 5.59. The van der Waals surface area contributed by atoms with E-state index < -0.39 is 24.0 Å². The number of aliphatic carboxylic acids is 1. The van der Waals surface area contributed by atoms with Crippen molar-refractivity contribution >= 4 is 40.2 Å². The molecule has 2 aromatic carbocycles. The first-order valence-corrected chi connectivity index (χ1v) is 10.7. The molecule has 1 aromatic heterocycles. The minimum atomic E-state index is -1.12. The second-order valence-corrected chi connectivity index (χ2v) is 8.61. The van der Waals surface area contributed by atoms with E-state index in [1.807, 2.05) is 24.3 Å². The highest BCUT2D eigenvalue weighted by Gasteiger charge is 2.51. The van der Waals surface area contributed by atoms with Gasteiger partial charge in [-0.2, -0.15) is 0 Å². The fourth-order valence-electron chi connectivity index (χ4n) is 4.12. The van der Waals surface area contributed by atoms with Gasteiger partial charge in [0.15, 0.2) is 0 Å². The third kappa shape index (κ3) is 4.21. The van der Waals surface area contributed by atoms with Crippen molar-refractivity contribution in [3.63, 3.8) is 0 Å². The highest BCUT2D eigenvalue weighted by Crippen LogP contribution is 2.34. The fraction of sp³-hybridized carbons (Fsp3) is 0.292. The van der Waals surface area contributed by atoms with Gasteiger partial charge < -0.3 is 19.3 Å². The maximum absolute atomic E-state index is 13.4. The molecular weight excluding hydrogens is 432 g/mol. The first-order valence-electron chi connectivity index (χ1n) is 10.3. The Bertz CT molecular complexity index is 1170. The van der Waals surface area contributed by atoms with Gasteiger partial charge in [0.25, 0.3) is 0 Å². The molecule has 1 aliphatic rings. The number of benzene rings is 2. The number of carbonyl (C=O) groups excluding carboxylic acids is 2. The minimum absolute atomic E-state index is 0.0342. The van der Waals surface area contributed by atoms with Gasteiger partial charge in [-0.3, -0.25) is 14.4 Å². The SMILES string of the molecule is CC1(C(=O)N(CC(=O)O)Cc2ccc(Cl)cc2)CCN1C(=O)Cc1occ2ccccc12. The van der Waals surface area contributed by atoms with E-state index in [4.69, 9.17) is 16.0 Å². The molecule has 0 aliphatic carbocycles. The van der Waals surface area contributed by atoms with Crippen molar-refractivity contribution in [1.29, 1.82) is 0 Å². The quantitative estimate of drug-likeness (QED) is 0.587. The number of carboxylic acids is 1. The first-order chi connectivity index (χ1) is 15.3. The Balaban J connectivity index is 1.51. The van der Waals surface area contributed by atoms with Gasteiger partial charge in [-0.05, 0) is 31.0 Å². The summed E-state index contributed by atoms with van der Waals surface area (Å²) in [7, 11) is 0. The van der Waals surface area contributed by atoms with E-state index in [-0.39, 0.29) is 18.9 Å². The van der Waals surface area contributed by atoms with Crippen LogP contribution in [0.15, 0.2) is 59.2 Å². The number of nitrogens with zero attached hydrogens (tertiary/aromatic N) is 2. The van der Waals surface area contributed by atoms with Crippen LogP contribution in [-0.4, -0.2) is 51.3 Å². The van der Waals surface area contributed by atoms with Crippen molar-refractivity contribution in [2.75, 3.05) is 13.1 Å². The van der Waals surface area contributed by atoms with E-state index in [9.17, 15) is 19.5 Å². The van der Waals surface area contributed by atoms with Gasteiger partial charge in [0.05, 0.1) is 12.7 Å². The second-order valence-electron chi connectivity index (χ2n) is 8.17. The van der Waals surface area contributed by atoms with Crippen LogP contribution in [-0.2, 0) is 27.3 Å². The molecule has 166 valence electrons. The fourth-order valence-corrected chi connectivity index (χ4v) is 4.24. The van der Waals surface area contributed by atoms with Gasteiger partial charge in [-0.1, -0.05) is 48.0 Å². The van der Waals surface area contributed by atoms with Crippen molar-refractivity contribution < 1.29 is 23.9 Å². The average molecular weight is 455 g/mol. The standard InChI is InChI=1S/C24H23ClN2O5/c1-24(23(31)26(14-22(29)30)13-16-6-8-18(25)9-7-16)10-11-27(24)21(28)12-20-19-5-3-2-4-17(19)15-32-20/h2-9,15H,10-14H2,1H3,(H,29,30). The molecule has 2 amide bonds. The van der Waals surface area contributed by atoms with E-state index in [2.05, 4.69) is 0 Å². The number of rotatable bonds is 7. The van der Waals surface area contributed by atoms with Gasteiger partial charge in [0.2, 0.25) is 11.8 Å². The van der Waals surface area contributed by atoms with Crippen LogP contribution in [0.5, 0.6) is 0 Å². The Morgan fingerprint density at radius 1 is 1.16 bits per heavy atom. The highest BCUT2D eigenvalue weighted by atomic mass is 35.5. The van der Waals surface area contributed by atoms with Crippen molar-refractivity contribution in [3.8, 4) is 0 Å². The predicted molar refractivity (Wildman–Crippen MR) is 119 cm³/mol. The van der Waals surface area contributed by atoms with Crippen molar-refractivity contribution in [2.24, 2.45) is 0 Å². The van der Waals surface area contributed by atoms with Gasteiger partial charge in [0.1, 0.15) is 17.8 Å². The smallest absolute Gasteiger partial charge is 0.323 e. The van der Waals surface area contributed by atoms with E-state index in [0.29, 0.717) is 23.7 Å². The summed E-state index contributed by atoms with van der Waals surface area (Å²) in [5.74, 6) is -1.18. The summed E-state index contributed by atoms with van der Waals surface area (Å²) in [5.41, 5.74) is -0.340. The molecule has 0 spiro atoms. The van der Waals surface area contributed by atoms with Crippen molar-refractivity contribution in [3.05, 3.63) is 71.1 Å². The lowest BCUT2D eigenvalue weighted by Gasteiger charge is -2.50. The first kappa shape index (κ1) is 21.9. The zero-order chi connectivity index (χ0) is 22.9. The molecule has 1 fully saturated rings. The molecule has 7 nitrogen and oxygen atoms in total. The largest absolute Gasteiger partial charge is 0.480 e. The Hall–Kier alpha value is -3.32. The lowest BCUT2D eigenvalue weighted by Crippen LogP contribution is -2.68. The normalized spacial score (nSPS) is 17.8. The van der Waals surface area contributed by atoms with E-state index in [1.54, 1.807) is 37.5 Å². The monoisotopic (exact) mass is 454 g/mol. The molecule has 0 radical (unpaired) electrons. The highest BCUT2D eigenvalue weighted by molar-refractivity contribution is 6.30. The molecule has 2 heterocycles. The van der Waals surface area contributed by atoms with E-state index in [1.165, 1.54) is 9.80 Å². The molecule has 1 atom stereocenters. The summed E-state index contributed by atoms with van der Waals surface area (Å²) in [4.78, 5) is 40.7. The summed E-state index contributed by atoms with van der Waals surface area (Å²) in [5, 5.41) is 11.7. The molecular formula is C24H23ClN2O5. The molecule has 1 saturated heterocycles. The minimum Gasteiger partial charge on any atom is -0.480 e. The molecule has 4 rings (SSSR count). The number of hydrogen-bond acceptors (Lipinski definition) is 4. The maximum Gasteiger partial charge on any atom is 0.323 e. The number of likely N-dealkylation sites (tertiary alicyclic amines) is 1. The van der Waals surface area contributed by atoms with Crippen LogP contribution in [0.4, 0.5) is 0 Å². The number of carbonyl (C=O) groups is 3. The topological polar surface area (TPSA) is 91.1 Å². The molecule has 3 aromatic rings. The third-order valence-corrected chi connectivity index (χ3v) is 6.23. The average Bonchev–Trinajstić information content (AvgIpc) is 3.15. The number of amides is 2. The predicted octanol–water partition coefficient (Wildman–Crippen LogP) is 3.73. The van der Waals surface area contributed by atoms with Gasteiger partial charge in [0, 0.05) is 28.9 Å². The third-order valence-electron chi connectivity index (χ3n) is 5.98. The molecule has 1 unspecified atom stereocenters. The number of furan rings is 1. The summed E-state index contributed by atoms with van der Waals surface area (Å²) >= 11 is 5.92. The zero-order valence-corrected chi connectivity index (χ0v) is 18.3. The van der Waals surface area contributed by atoms with Gasteiger partial charge in [-0.15, -0.1) is 0 Å². The van der Waals surface area contributed by atoms with Crippen LogP contribution in [0.2, 0.25) is 5.02 Å². The molecule has 8 heteroatoms. The lowest BCUT2D eigenvalue weighted by molar-refractivity contribution is -0.166. The van der Waals surface area contributed by atoms with Crippen LogP contribution >= 0.6 is 11.6 Å². The van der Waals surface area contributed by atoms with Crippen molar-refractivity contribution in [1.82, 2.24) is 9.80 Å². The molecule has 0 saturated carbocycles. The number of hydrogen-bond donors (Lipinski definition) is 1. The molecule has 32 heavy (non-hydrogen) atoms. The Morgan fingerprint density at radius 3 is 2.53 bits per heavy atom. The maximum atomic E-state index is 13.4. The molecule has 0 bridgehead atoms. The van der Waals surface area contributed by atoms with Crippen LogP contribution in [0.1, 0.15) is 24.7 Å². The van der Waals surface area contributed by atoms with E-state index >= 15 is 0 Å². The summed E-state index contributed by atoms with van der Waals surface area (Å²) in [6, 6.07) is 14.4. The van der Waals surface area contributed by atoms with Gasteiger partial charge in [-0.25, -0.2) is 0 Å². The molecule has 1 aliphatic heterocycles. The number of fused-ring (bicyclic) bond motifs is 1. The van der Waals surface area contributed by atoms with E-state index in [0.717, 1.165) is 16.3 Å². The van der Waals surface area contributed by atoms with Crippen LogP contribution < -0.4 is 0 Å². The van der Waals surface area contributed by atoms with Crippen LogP contribution in [0.3, 0.4) is 0 Å². The Labute approximate surface area is 190 Å². The zero-order valence-electron chi connectivity index (χ0n) is 17.6. The summed E-state index contributed by atoms with van der Waals surface area (Å²) in [6.07, 6.45) is 2.11. The number of halogens is 1. The lowest BCUT2D eigenvalue weighted by atomic mass is 9.84. The Morgan fingerprint density at radius 2 is 1.88 bits per heavy atom. The van der Waals surface area contributed by atoms with Crippen LogP contribution in [0.25, 0.3) is 10.8 Å². The molecule has 1 N–H and O–H groups in total. The number of carboxylic acid groups (broad SMARTS) is 1. The van der Waals surface area contributed by atoms with Crippen molar-refractivity contribution in [2.45, 2.75) is 31.8 Å². The Kier molecular flexibility index (Phi) is 5.93.